The predicted molar refractivity (Wildman–Crippen MR) is 94.5 cm³/mol. The van der Waals surface area contributed by atoms with Gasteiger partial charge in [-0.3, -0.25) is 0 Å². The van der Waals surface area contributed by atoms with Gasteiger partial charge in [0.2, 0.25) is 0 Å². The number of rotatable bonds is 1. The number of aliphatic hydroxyl groups is 1. The van der Waals surface area contributed by atoms with Crippen molar-refractivity contribution in [3.63, 3.8) is 0 Å². The van der Waals surface area contributed by atoms with E-state index in [0.29, 0.717) is 35.8 Å². The molecular weight excluding hydrogens is 372 g/mol. The molecule has 0 spiro atoms. The Hall–Kier alpha value is -1.14. The highest BCUT2D eigenvalue weighted by molar-refractivity contribution is 9.10. The molecule has 1 aliphatic heterocycles. The minimum atomic E-state index is -0.877. The molecule has 2 aliphatic rings. The fourth-order valence-corrected chi connectivity index (χ4v) is 4.53. The van der Waals surface area contributed by atoms with Crippen LogP contribution in [0.2, 0.25) is 0 Å². The van der Waals surface area contributed by atoms with Crippen LogP contribution in [0.1, 0.15) is 45.6 Å². The van der Waals surface area contributed by atoms with Crippen molar-refractivity contribution in [1.82, 2.24) is 9.88 Å². The lowest BCUT2D eigenvalue weighted by Gasteiger charge is -2.38. The van der Waals surface area contributed by atoms with Crippen LogP contribution in [0.3, 0.4) is 0 Å². The lowest BCUT2D eigenvalue weighted by molar-refractivity contribution is -0.0311. The van der Waals surface area contributed by atoms with Crippen molar-refractivity contribution in [3.05, 3.63) is 28.5 Å². The molecule has 6 heteroatoms. The lowest BCUT2D eigenvalue weighted by Crippen LogP contribution is -2.37. The van der Waals surface area contributed by atoms with Crippen LogP contribution in [-0.4, -0.2) is 39.8 Å². The zero-order chi connectivity index (χ0) is 17.5. The summed E-state index contributed by atoms with van der Waals surface area (Å²) in [6.07, 6.45) is 3.72. The van der Waals surface area contributed by atoms with Gasteiger partial charge in [-0.15, -0.1) is 0 Å². The number of ether oxygens (including phenoxy) is 1. The second-order valence-corrected chi connectivity index (χ2v) is 8.77. The van der Waals surface area contributed by atoms with Crippen molar-refractivity contribution in [2.45, 2.75) is 51.2 Å². The molecule has 0 radical (unpaired) electrons. The number of carbonyl (C=O) groups is 1. The Morgan fingerprint density at radius 3 is 2.79 bits per heavy atom. The quantitative estimate of drug-likeness (QED) is 0.735. The second-order valence-electron chi connectivity index (χ2n) is 8.02. The third-order valence-electron chi connectivity index (χ3n) is 5.02. The first-order valence-corrected chi connectivity index (χ1v) is 9.28. The molecule has 1 aromatic heterocycles. The minimum absolute atomic E-state index is 0.247. The maximum absolute atomic E-state index is 12.3. The molecule has 0 bridgehead atoms. The van der Waals surface area contributed by atoms with Gasteiger partial charge in [-0.2, -0.15) is 0 Å². The Morgan fingerprint density at radius 1 is 1.42 bits per heavy atom. The normalized spacial score (nSPS) is 30.1. The van der Waals surface area contributed by atoms with Crippen LogP contribution in [0, 0.1) is 11.8 Å². The highest BCUT2D eigenvalue weighted by atomic mass is 79.9. The molecule has 1 aromatic rings. The first kappa shape index (κ1) is 17.7. The zero-order valence-corrected chi connectivity index (χ0v) is 16.0. The van der Waals surface area contributed by atoms with E-state index in [0.717, 1.165) is 18.5 Å². The monoisotopic (exact) mass is 396 g/mol. The molecule has 1 saturated heterocycles. The standard InChI is InChI=1S/C18H25BrN2O3/c1-17(2,3)24-16(22)21-10-12-6-7-18(23,9-13(12)11-21)14-5-4-8-20-15(14)19/h4-5,8,12-13,23H,6-7,9-11H2,1-3H3. The maximum atomic E-state index is 12.3. The third kappa shape index (κ3) is 3.59. The molecule has 1 amide bonds. The van der Waals surface area contributed by atoms with Gasteiger partial charge in [-0.1, -0.05) is 6.07 Å². The molecule has 1 N–H and O–H groups in total. The van der Waals surface area contributed by atoms with Crippen molar-refractivity contribution in [3.8, 4) is 0 Å². The number of aromatic nitrogens is 1. The predicted octanol–water partition coefficient (Wildman–Crippen LogP) is 3.70. The van der Waals surface area contributed by atoms with Crippen LogP contribution in [0.4, 0.5) is 4.79 Å². The van der Waals surface area contributed by atoms with Gasteiger partial charge >= 0.3 is 6.09 Å². The Balaban J connectivity index is 1.71. The summed E-state index contributed by atoms with van der Waals surface area (Å²) in [5.41, 5.74) is -0.510. The number of amides is 1. The molecule has 3 rings (SSSR count). The molecule has 2 heterocycles. The van der Waals surface area contributed by atoms with E-state index >= 15 is 0 Å². The smallest absolute Gasteiger partial charge is 0.410 e. The zero-order valence-electron chi connectivity index (χ0n) is 14.5. The number of likely N-dealkylation sites (tertiary alicyclic amines) is 1. The summed E-state index contributed by atoms with van der Waals surface area (Å²) < 4.78 is 6.19. The molecular formula is C18H25BrN2O3. The molecule has 132 valence electrons. The van der Waals surface area contributed by atoms with Crippen molar-refractivity contribution in [1.29, 1.82) is 0 Å². The summed E-state index contributed by atoms with van der Waals surface area (Å²) in [7, 11) is 0. The molecule has 5 nitrogen and oxygen atoms in total. The summed E-state index contributed by atoms with van der Waals surface area (Å²) in [5.74, 6) is 0.733. The van der Waals surface area contributed by atoms with E-state index in [1.54, 1.807) is 11.1 Å². The number of hydrogen-bond donors (Lipinski definition) is 1. The van der Waals surface area contributed by atoms with Gasteiger partial charge in [0.25, 0.3) is 0 Å². The summed E-state index contributed by atoms with van der Waals surface area (Å²) >= 11 is 3.45. The van der Waals surface area contributed by atoms with Crippen LogP contribution in [0.25, 0.3) is 0 Å². The van der Waals surface area contributed by atoms with Crippen molar-refractivity contribution in [2.24, 2.45) is 11.8 Å². The fraction of sp³-hybridized carbons (Fsp3) is 0.667. The molecule has 0 aromatic carbocycles. The summed E-state index contributed by atoms with van der Waals surface area (Å²) in [5, 5.41) is 11.2. The minimum Gasteiger partial charge on any atom is -0.444 e. The van der Waals surface area contributed by atoms with Crippen LogP contribution in [0.15, 0.2) is 22.9 Å². The Morgan fingerprint density at radius 2 is 2.12 bits per heavy atom. The number of carbonyl (C=O) groups excluding carboxylic acids is 1. The first-order valence-electron chi connectivity index (χ1n) is 8.49. The van der Waals surface area contributed by atoms with Crippen LogP contribution in [0.5, 0.6) is 0 Å². The Labute approximate surface area is 151 Å². The molecule has 24 heavy (non-hydrogen) atoms. The molecule has 3 unspecified atom stereocenters. The fourth-order valence-electron chi connectivity index (χ4n) is 3.91. The number of halogens is 1. The van der Waals surface area contributed by atoms with Gasteiger partial charge in [0.15, 0.2) is 0 Å². The second kappa shape index (κ2) is 6.30. The van der Waals surface area contributed by atoms with Gasteiger partial charge in [0, 0.05) is 24.8 Å². The number of hydrogen-bond acceptors (Lipinski definition) is 4. The Kier molecular flexibility index (Phi) is 4.64. The SMILES string of the molecule is CC(C)(C)OC(=O)N1CC2CCC(O)(c3cccnc3Br)CC2C1. The van der Waals surface area contributed by atoms with E-state index in [1.807, 2.05) is 32.9 Å². The van der Waals surface area contributed by atoms with E-state index in [2.05, 4.69) is 20.9 Å². The van der Waals surface area contributed by atoms with E-state index in [4.69, 9.17) is 4.74 Å². The average Bonchev–Trinajstić information content (AvgIpc) is 2.88. The highest BCUT2D eigenvalue weighted by Gasteiger charge is 2.47. The van der Waals surface area contributed by atoms with Gasteiger partial charge in [-0.25, -0.2) is 9.78 Å². The number of fused-ring (bicyclic) bond motifs is 1. The van der Waals surface area contributed by atoms with E-state index in [9.17, 15) is 9.90 Å². The topological polar surface area (TPSA) is 62.7 Å². The first-order chi connectivity index (χ1) is 11.2. The van der Waals surface area contributed by atoms with Crippen LogP contribution < -0.4 is 0 Å². The molecule has 1 aliphatic carbocycles. The number of nitrogens with zero attached hydrogens (tertiary/aromatic N) is 2. The van der Waals surface area contributed by atoms with E-state index in [-0.39, 0.29) is 6.09 Å². The van der Waals surface area contributed by atoms with E-state index < -0.39 is 11.2 Å². The van der Waals surface area contributed by atoms with Gasteiger partial charge < -0.3 is 14.7 Å². The Bertz CT molecular complexity index is 631. The maximum Gasteiger partial charge on any atom is 0.410 e. The van der Waals surface area contributed by atoms with Crippen molar-refractivity contribution in [2.75, 3.05) is 13.1 Å². The van der Waals surface area contributed by atoms with Crippen molar-refractivity contribution < 1.29 is 14.6 Å². The van der Waals surface area contributed by atoms with Gasteiger partial charge in [0.1, 0.15) is 10.2 Å². The summed E-state index contributed by atoms with van der Waals surface area (Å²) in [6, 6.07) is 3.78. The van der Waals surface area contributed by atoms with E-state index in [1.165, 1.54) is 0 Å². The molecule has 3 atom stereocenters. The molecule has 2 fully saturated rings. The largest absolute Gasteiger partial charge is 0.444 e. The summed E-state index contributed by atoms with van der Waals surface area (Å²) in [6.45, 7) is 7.02. The van der Waals surface area contributed by atoms with Crippen LogP contribution >= 0.6 is 15.9 Å². The molecule has 1 saturated carbocycles. The highest BCUT2D eigenvalue weighted by Crippen LogP contribution is 2.47. The number of pyridine rings is 1. The summed E-state index contributed by atoms with van der Waals surface area (Å²) in [4.78, 5) is 18.4. The lowest BCUT2D eigenvalue weighted by atomic mass is 9.71. The van der Waals surface area contributed by atoms with Crippen LogP contribution in [-0.2, 0) is 10.3 Å². The third-order valence-corrected chi connectivity index (χ3v) is 5.65. The van der Waals surface area contributed by atoms with Crippen molar-refractivity contribution >= 4 is 22.0 Å². The van der Waals surface area contributed by atoms with Gasteiger partial charge in [0.05, 0.1) is 5.60 Å². The average molecular weight is 397 g/mol. The van der Waals surface area contributed by atoms with Gasteiger partial charge in [-0.05, 0) is 73.9 Å².